The SMILES string of the molecule is Cc1ccc2c(c1)C(N)CC(c1ccc(F)c(Cl)c1)O2. The fraction of sp³-hybridized carbons (Fsp3) is 0.250. The molecule has 0 saturated carbocycles. The second-order valence-corrected chi connectivity index (χ2v) is 5.57. The molecule has 2 nitrogen and oxygen atoms in total. The van der Waals surface area contributed by atoms with E-state index in [-0.39, 0.29) is 17.2 Å². The molecule has 2 aromatic carbocycles. The van der Waals surface area contributed by atoms with Crippen LogP contribution in [0.4, 0.5) is 4.39 Å². The minimum absolute atomic E-state index is 0.0903. The van der Waals surface area contributed by atoms with Crippen LogP contribution in [0.25, 0.3) is 0 Å². The maximum Gasteiger partial charge on any atom is 0.141 e. The first-order chi connectivity index (χ1) is 9.54. The zero-order valence-corrected chi connectivity index (χ0v) is 11.8. The third-order valence-electron chi connectivity index (χ3n) is 3.62. The van der Waals surface area contributed by atoms with Gasteiger partial charge in [0.2, 0.25) is 0 Å². The minimum Gasteiger partial charge on any atom is -0.485 e. The van der Waals surface area contributed by atoms with E-state index < -0.39 is 5.82 Å². The normalized spacial score (nSPS) is 21.2. The number of hydrogen-bond acceptors (Lipinski definition) is 2. The quantitative estimate of drug-likeness (QED) is 0.849. The Morgan fingerprint density at radius 1 is 1.25 bits per heavy atom. The molecule has 2 N–H and O–H groups in total. The molecule has 104 valence electrons. The Hall–Kier alpha value is -1.58. The summed E-state index contributed by atoms with van der Waals surface area (Å²) >= 11 is 5.83. The van der Waals surface area contributed by atoms with Crippen molar-refractivity contribution in [3.8, 4) is 5.75 Å². The predicted molar refractivity (Wildman–Crippen MR) is 77.5 cm³/mol. The summed E-state index contributed by atoms with van der Waals surface area (Å²) in [5.41, 5.74) is 9.25. The first kappa shape index (κ1) is 13.4. The van der Waals surface area contributed by atoms with E-state index in [1.807, 2.05) is 25.1 Å². The maximum absolute atomic E-state index is 13.2. The standard InChI is InChI=1S/C16H15ClFNO/c1-9-2-5-15-11(6-9)14(19)8-16(20-15)10-3-4-13(18)12(17)7-10/h2-7,14,16H,8,19H2,1H3. The number of halogens is 2. The molecule has 2 atom stereocenters. The second-order valence-electron chi connectivity index (χ2n) is 5.16. The van der Waals surface area contributed by atoms with Gasteiger partial charge < -0.3 is 10.5 Å². The average molecular weight is 292 g/mol. The van der Waals surface area contributed by atoms with E-state index in [2.05, 4.69) is 0 Å². The predicted octanol–water partition coefficient (Wildman–Crippen LogP) is 4.31. The summed E-state index contributed by atoms with van der Waals surface area (Å²) in [6.07, 6.45) is 0.455. The molecule has 4 heteroatoms. The molecule has 3 rings (SSSR count). The summed E-state index contributed by atoms with van der Waals surface area (Å²) in [5.74, 6) is 0.367. The molecule has 0 aliphatic carbocycles. The molecule has 20 heavy (non-hydrogen) atoms. The third-order valence-corrected chi connectivity index (χ3v) is 3.91. The molecule has 2 aromatic rings. The van der Waals surface area contributed by atoms with Gasteiger partial charge in [0, 0.05) is 18.0 Å². The summed E-state index contributed by atoms with van der Waals surface area (Å²) < 4.78 is 19.2. The molecule has 0 saturated heterocycles. The number of hydrogen-bond donors (Lipinski definition) is 1. The highest BCUT2D eigenvalue weighted by molar-refractivity contribution is 6.30. The van der Waals surface area contributed by atoms with Crippen molar-refractivity contribution in [3.05, 3.63) is 63.9 Å². The Bertz CT molecular complexity index is 659. The lowest BCUT2D eigenvalue weighted by atomic mass is 9.92. The molecule has 0 amide bonds. The monoisotopic (exact) mass is 291 g/mol. The van der Waals surface area contributed by atoms with Gasteiger partial charge in [0.05, 0.1) is 5.02 Å². The molecule has 0 radical (unpaired) electrons. The molecular formula is C16H15ClFNO. The number of rotatable bonds is 1. The van der Waals surface area contributed by atoms with Crippen LogP contribution in [0, 0.1) is 12.7 Å². The lowest BCUT2D eigenvalue weighted by Crippen LogP contribution is -2.24. The van der Waals surface area contributed by atoms with Crippen LogP contribution in [-0.2, 0) is 0 Å². The van der Waals surface area contributed by atoms with Crippen molar-refractivity contribution in [2.45, 2.75) is 25.5 Å². The average Bonchev–Trinajstić information content (AvgIpc) is 2.42. The van der Waals surface area contributed by atoms with Crippen molar-refractivity contribution in [2.24, 2.45) is 5.73 Å². The van der Waals surface area contributed by atoms with Crippen molar-refractivity contribution in [1.29, 1.82) is 0 Å². The van der Waals surface area contributed by atoms with Crippen LogP contribution in [0.1, 0.15) is 35.3 Å². The summed E-state index contributed by atoms with van der Waals surface area (Å²) in [6, 6.07) is 10.5. The first-order valence-corrected chi connectivity index (χ1v) is 6.90. The molecule has 0 aromatic heterocycles. The van der Waals surface area contributed by atoms with Gasteiger partial charge in [0.25, 0.3) is 0 Å². The number of aryl methyl sites for hydroxylation is 1. The molecular weight excluding hydrogens is 277 g/mol. The van der Waals surface area contributed by atoms with Gasteiger partial charge in [-0.3, -0.25) is 0 Å². The van der Waals surface area contributed by atoms with Gasteiger partial charge in [-0.15, -0.1) is 0 Å². The molecule has 1 aliphatic rings. The van der Waals surface area contributed by atoms with E-state index in [0.29, 0.717) is 6.42 Å². The highest BCUT2D eigenvalue weighted by atomic mass is 35.5. The van der Waals surface area contributed by atoms with Gasteiger partial charge in [-0.2, -0.15) is 0 Å². The number of nitrogens with two attached hydrogens (primary N) is 1. The number of ether oxygens (including phenoxy) is 1. The van der Waals surface area contributed by atoms with Crippen molar-refractivity contribution in [2.75, 3.05) is 0 Å². The van der Waals surface area contributed by atoms with Gasteiger partial charge >= 0.3 is 0 Å². The summed E-state index contributed by atoms with van der Waals surface area (Å²) in [5, 5.41) is 0.106. The van der Waals surface area contributed by atoms with Crippen LogP contribution in [0.2, 0.25) is 5.02 Å². The highest BCUT2D eigenvalue weighted by Gasteiger charge is 2.27. The van der Waals surface area contributed by atoms with Crippen LogP contribution in [0.15, 0.2) is 36.4 Å². The van der Waals surface area contributed by atoms with Gasteiger partial charge in [-0.1, -0.05) is 35.4 Å². The van der Waals surface area contributed by atoms with E-state index in [1.165, 1.54) is 6.07 Å². The van der Waals surface area contributed by atoms with E-state index in [1.54, 1.807) is 12.1 Å². The van der Waals surface area contributed by atoms with Gasteiger partial charge in [0.1, 0.15) is 17.7 Å². The van der Waals surface area contributed by atoms with Crippen molar-refractivity contribution >= 4 is 11.6 Å². The van der Waals surface area contributed by atoms with Crippen LogP contribution in [0.5, 0.6) is 5.75 Å². The van der Waals surface area contributed by atoms with Crippen LogP contribution < -0.4 is 10.5 Å². The van der Waals surface area contributed by atoms with Crippen molar-refractivity contribution in [3.63, 3.8) is 0 Å². The topological polar surface area (TPSA) is 35.2 Å². The van der Waals surface area contributed by atoms with Gasteiger partial charge in [-0.05, 0) is 30.7 Å². The Balaban J connectivity index is 1.94. The first-order valence-electron chi connectivity index (χ1n) is 6.52. The lowest BCUT2D eigenvalue weighted by Gasteiger charge is -2.31. The lowest BCUT2D eigenvalue weighted by molar-refractivity contribution is 0.161. The van der Waals surface area contributed by atoms with Crippen LogP contribution in [-0.4, -0.2) is 0 Å². The van der Waals surface area contributed by atoms with Gasteiger partial charge in [-0.25, -0.2) is 4.39 Å². The van der Waals surface area contributed by atoms with E-state index >= 15 is 0 Å². The van der Waals surface area contributed by atoms with Crippen molar-refractivity contribution < 1.29 is 9.13 Å². The molecule has 1 heterocycles. The van der Waals surface area contributed by atoms with E-state index in [0.717, 1.165) is 22.4 Å². The summed E-state index contributed by atoms with van der Waals surface area (Å²) in [6.45, 7) is 2.03. The molecule has 1 aliphatic heterocycles. The maximum atomic E-state index is 13.2. The van der Waals surface area contributed by atoms with Crippen LogP contribution in [0.3, 0.4) is 0 Å². The molecule has 0 bridgehead atoms. The Kier molecular flexibility index (Phi) is 3.40. The van der Waals surface area contributed by atoms with Crippen LogP contribution >= 0.6 is 11.6 Å². The largest absolute Gasteiger partial charge is 0.485 e. The molecule has 0 fully saturated rings. The number of benzene rings is 2. The summed E-state index contributed by atoms with van der Waals surface area (Å²) in [4.78, 5) is 0. The molecule has 0 spiro atoms. The van der Waals surface area contributed by atoms with E-state index in [9.17, 15) is 4.39 Å². The number of fused-ring (bicyclic) bond motifs is 1. The Labute approximate surface area is 122 Å². The molecule has 2 unspecified atom stereocenters. The van der Waals surface area contributed by atoms with E-state index in [4.69, 9.17) is 22.1 Å². The second kappa shape index (κ2) is 5.08. The zero-order chi connectivity index (χ0) is 14.3. The zero-order valence-electron chi connectivity index (χ0n) is 11.1. The third kappa shape index (κ3) is 2.39. The fourth-order valence-corrected chi connectivity index (χ4v) is 2.73. The van der Waals surface area contributed by atoms with Gasteiger partial charge in [0.15, 0.2) is 0 Å². The Morgan fingerprint density at radius 2 is 2.05 bits per heavy atom. The smallest absolute Gasteiger partial charge is 0.141 e. The highest BCUT2D eigenvalue weighted by Crippen LogP contribution is 2.40. The summed E-state index contributed by atoms with van der Waals surface area (Å²) in [7, 11) is 0. The Morgan fingerprint density at radius 3 is 2.80 bits per heavy atom. The fourth-order valence-electron chi connectivity index (χ4n) is 2.54. The van der Waals surface area contributed by atoms with Crippen molar-refractivity contribution in [1.82, 2.24) is 0 Å². The minimum atomic E-state index is -0.424.